The van der Waals surface area contributed by atoms with E-state index >= 15 is 0 Å². The van der Waals surface area contributed by atoms with Crippen molar-refractivity contribution >= 4 is 5.97 Å². The van der Waals surface area contributed by atoms with E-state index in [0.29, 0.717) is 0 Å². The minimum absolute atomic E-state index is 0.126. The number of ether oxygens (including phenoxy) is 1. The molecule has 0 fully saturated rings. The maximum absolute atomic E-state index is 11.0. The Balaban J connectivity index is 4.51. The van der Waals surface area contributed by atoms with Crippen LogP contribution in [-0.2, 0) is 9.53 Å². The second kappa shape index (κ2) is 8.20. The lowest BCUT2D eigenvalue weighted by Crippen LogP contribution is -2.50. The number of aliphatic hydroxyl groups is 6. The van der Waals surface area contributed by atoms with Gasteiger partial charge in [0.05, 0.1) is 19.8 Å². The molecule has 0 saturated heterocycles. The number of carbonyl (C=O) groups is 1. The molecular weight excluding hydrogens is 260 g/mol. The number of methoxy groups -OCH3 is 1. The fourth-order valence-electron chi connectivity index (χ4n) is 1.37. The van der Waals surface area contributed by atoms with Crippen molar-refractivity contribution in [3.8, 4) is 0 Å². The van der Waals surface area contributed by atoms with Crippen molar-refractivity contribution in [3.05, 3.63) is 12.2 Å². The Labute approximate surface area is 110 Å². The van der Waals surface area contributed by atoms with Crippen LogP contribution in [-0.4, -0.2) is 80.8 Å². The minimum Gasteiger partial charge on any atom is -0.466 e. The molecule has 0 bridgehead atoms. The van der Waals surface area contributed by atoms with Crippen LogP contribution in [0.4, 0.5) is 0 Å². The molecule has 0 unspecified atom stereocenters. The van der Waals surface area contributed by atoms with Gasteiger partial charge in [-0.15, -0.1) is 0 Å². The van der Waals surface area contributed by atoms with E-state index in [0.717, 1.165) is 7.11 Å². The Morgan fingerprint density at radius 3 is 1.95 bits per heavy atom. The molecule has 0 aromatic rings. The van der Waals surface area contributed by atoms with Gasteiger partial charge in [-0.1, -0.05) is 6.58 Å². The molecular formula is C11H20O8. The van der Waals surface area contributed by atoms with E-state index in [1.165, 1.54) is 0 Å². The van der Waals surface area contributed by atoms with Crippen molar-refractivity contribution in [2.75, 3.05) is 13.7 Å². The van der Waals surface area contributed by atoms with E-state index < -0.39 is 43.1 Å². The largest absolute Gasteiger partial charge is 0.466 e. The van der Waals surface area contributed by atoms with Crippen molar-refractivity contribution in [1.82, 2.24) is 0 Å². The number of aliphatic hydroxyl groups excluding tert-OH is 6. The summed E-state index contributed by atoms with van der Waals surface area (Å²) in [6.45, 7) is 2.50. The normalized spacial score (nSPS) is 19.1. The zero-order valence-electron chi connectivity index (χ0n) is 10.5. The molecule has 0 aromatic carbocycles. The van der Waals surface area contributed by atoms with Gasteiger partial charge in [-0.3, -0.25) is 0 Å². The van der Waals surface area contributed by atoms with E-state index in [1.54, 1.807) is 0 Å². The number of carbonyl (C=O) groups excluding carboxylic acids is 1. The molecule has 0 amide bonds. The summed E-state index contributed by atoms with van der Waals surface area (Å²) in [5, 5.41) is 55.6. The fraction of sp³-hybridized carbons (Fsp3) is 0.727. The van der Waals surface area contributed by atoms with Crippen LogP contribution in [0.15, 0.2) is 12.2 Å². The van der Waals surface area contributed by atoms with E-state index in [-0.39, 0.29) is 12.0 Å². The average Bonchev–Trinajstić information content (AvgIpc) is 2.42. The zero-order valence-corrected chi connectivity index (χ0v) is 10.5. The van der Waals surface area contributed by atoms with Gasteiger partial charge in [0, 0.05) is 12.0 Å². The molecule has 6 N–H and O–H groups in total. The molecule has 5 atom stereocenters. The first kappa shape index (κ1) is 18.0. The van der Waals surface area contributed by atoms with Crippen molar-refractivity contribution in [2.45, 2.75) is 36.9 Å². The number of hydrogen-bond donors (Lipinski definition) is 6. The first-order valence-corrected chi connectivity index (χ1v) is 5.53. The van der Waals surface area contributed by atoms with Gasteiger partial charge in [-0.2, -0.15) is 0 Å². The lowest BCUT2D eigenvalue weighted by atomic mass is 9.96. The SMILES string of the molecule is C=C(C[C@@H](O)[C@@H](O)[C@@H](O)[C@H](O)[C@H](O)CO)C(=O)OC. The van der Waals surface area contributed by atoms with Crippen LogP contribution in [0.3, 0.4) is 0 Å². The molecule has 0 aromatic heterocycles. The molecule has 19 heavy (non-hydrogen) atoms. The van der Waals surface area contributed by atoms with Crippen molar-refractivity contribution in [2.24, 2.45) is 0 Å². The number of esters is 1. The van der Waals surface area contributed by atoms with Crippen LogP contribution in [0, 0.1) is 0 Å². The minimum atomic E-state index is -1.90. The van der Waals surface area contributed by atoms with Gasteiger partial charge < -0.3 is 35.4 Å². The Hall–Kier alpha value is -1.03. The van der Waals surface area contributed by atoms with Crippen molar-refractivity contribution in [1.29, 1.82) is 0 Å². The molecule has 8 heteroatoms. The van der Waals surface area contributed by atoms with Gasteiger partial charge in [0.2, 0.25) is 0 Å². The topological polar surface area (TPSA) is 148 Å². The molecule has 0 aliphatic heterocycles. The standard InChI is InChI=1S/C11H20O8/c1-5(11(18)19-2)3-6(13)8(15)10(17)9(16)7(14)4-12/h6-10,12-17H,1,3-4H2,2H3/t6-,7-,8-,9-,10-/m1/s1. The summed E-state index contributed by atoms with van der Waals surface area (Å²) in [5.41, 5.74) is -0.126. The third kappa shape index (κ3) is 5.23. The third-order valence-electron chi connectivity index (χ3n) is 2.60. The predicted molar refractivity (Wildman–Crippen MR) is 62.9 cm³/mol. The summed E-state index contributed by atoms with van der Waals surface area (Å²) in [4.78, 5) is 11.0. The zero-order chi connectivity index (χ0) is 15.2. The summed E-state index contributed by atoms with van der Waals surface area (Å²) < 4.78 is 4.34. The highest BCUT2D eigenvalue weighted by molar-refractivity contribution is 5.87. The molecule has 0 spiro atoms. The first-order chi connectivity index (χ1) is 8.76. The van der Waals surface area contributed by atoms with Crippen LogP contribution < -0.4 is 0 Å². The van der Waals surface area contributed by atoms with Gasteiger partial charge in [0.25, 0.3) is 0 Å². The molecule has 0 aliphatic carbocycles. The maximum Gasteiger partial charge on any atom is 0.333 e. The summed E-state index contributed by atoms with van der Waals surface area (Å²) >= 11 is 0. The Morgan fingerprint density at radius 2 is 1.53 bits per heavy atom. The molecule has 0 rings (SSSR count). The first-order valence-electron chi connectivity index (χ1n) is 5.53. The highest BCUT2D eigenvalue weighted by Gasteiger charge is 2.34. The van der Waals surface area contributed by atoms with Gasteiger partial charge in [-0.25, -0.2) is 4.79 Å². The van der Waals surface area contributed by atoms with Gasteiger partial charge >= 0.3 is 5.97 Å². The maximum atomic E-state index is 11.0. The highest BCUT2D eigenvalue weighted by Crippen LogP contribution is 2.14. The average molecular weight is 280 g/mol. The van der Waals surface area contributed by atoms with Crippen LogP contribution in [0.5, 0.6) is 0 Å². The Kier molecular flexibility index (Phi) is 7.76. The highest BCUT2D eigenvalue weighted by atomic mass is 16.5. The second-order valence-corrected chi connectivity index (χ2v) is 4.09. The molecule has 8 nitrogen and oxygen atoms in total. The lowest BCUT2D eigenvalue weighted by molar-refractivity contribution is -0.143. The summed E-state index contributed by atoms with van der Waals surface area (Å²) in [5.74, 6) is -0.781. The van der Waals surface area contributed by atoms with Crippen LogP contribution in [0.2, 0.25) is 0 Å². The van der Waals surface area contributed by atoms with Crippen LogP contribution >= 0.6 is 0 Å². The van der Waals surface area contributed by atoms with Gasteiger partial charge in [-0.05, 0) is 0 Å². The molecule has 0 radical (unpaired) electrons. The quantitative estimate of drug-likeness (QED) is 0.202. The lowest BCUT2D eigenvalue weighted by Gasteiger charge is -2.28. The van der Waals surface area contributed by atoms with Gasteiger partial charge in [0.1, 0.15) is 24.4 Å². The van der Waals surface area contributed by atoms with E-state index in [2.05, 4.69) is 11.3 Å². The van der Waals surface area contributed by atoms with Crippen LogP contribution in [0.25, 0.3) is 0 Å². The smallest absolute Gasteiger partial charge is 0.333 e. The van der Waals surface area contributed by atoms with Crippen molar-refractivity contribution < 1.29 is 40.2 Å². The van der Waals surface area contributed by atoms with Crippen molar-refractivity contribution in [3.63, 3.8) is 0 Å². The molecule has 0 aliphatic rings. The third-order valence-corrected chi connectivity index (χ3v) is 2.60. The monoisotopic (exact) mass is 280 g/mol. The number of rotatable bonds is 8. The molecule has 0 saturated carbocycles. The Bertz CT molecular complexity index is 305. The second-order valence-electron chi connectivity index (χ2n) is 4.09. The van der Waals surface area contributed by atoms with E-state index in [9.17, 15) is 25.2 Å². The summed E-state index contributed by atoms with van der Waals surface area (Å²) in [7, 11) is 1.12. The summed E-state index contributed by atoms with van der Waals surface area (Å²) in [6, 6.07) is 0. The van der Waals surface area contributed by atoms with Crippen LogP contribution in [0.1, 0.15) is 6.42 Å². The number of hydrogen-bond acceptors (Lipinski definition) is 8. The Morgan fingerprint density at radius 1 is 1.05 bits per heavy atom. The molecule has 0 heterocycles. The fourth-order valence-corrected chi connectivity index (χ4v) is 1.37. The van der Waals surface area contributed by atoms with Gasteiger partial charge in [0.15, 0.2) is 0 Å². The predicted octanol–water partition coefficient (Wildman–Crippen LogP) is -3.10. The van der Waals surface area contributed by atoms with E-state index in [1.807, 2.05) is 0 Å². The van der Waals surface area contributed by atoms with E-state index in [4.69, 9.17) is 10.2 Å². The molecule has 112 valence electrons. The summed E-state index contributed by atoms with van der Waals surface area (Å²) in [6.07, 6.45) is -9.23.